The van der Waals surface area contributed by atoms with E-state index < -0.39 is 0 Å². The Morgan fingerprint density at radius 2 is 1.81 bits per heavy atom. The van der Waals surface area contributed by atoms with E-state index in [0.29, 0.717) is 32.1 Å². The van der Waals surface area contributed by atoms with Crippen LogP contribution < -0.4 is 5.73 Å². The minimum Gasteiger partial charge on any atom is -0.396 e. The quantitative estimate of drug-likeness (QED) is 0.668. The van der Waals surface area contributed by atoms with E-state index in [1.807, 2.05) is 6.92 Å². The van der Waals surface area contributed by atoms with E-state index in [2.05, 4.69) is 45.0 Å². The van der Waals surface area contributed by atoms with Crippen LogP contribution in [0.4, 0.5) is 0 Å². The lowest BCUT2D eigenvalue weighted by Gasteiger charge is -2.21. The summed E-state index contributed by atoms with van der Waals surface area (Å²) in [7, 11) is 0. The molecule has 0 saturated carbocycles. The number of nitrogens with zero attached hydrogens (tertiary/aromatic N) is 1. The Bertz CT molecular complexity index is 709. The SMILES string of the molecule is Cc1ccc(-c2c(COCCCO)c(C)nc(CC(C)C)c2CN)cc1. The molecule has 2 aromatic rings. The van der Waals surface area contributed by atoms with E-state index in [4.69, 9.17) is 20.6 Å². The van der Waals surface area contributed by atoms with Crippen molar-refractivity contribution in [3.63, 3.8) is 0 Å². The Morgan fingerprint density at radius 1 is 1.12 bits per heavy atom. The van der Waals surface area contributed by atoms with Crippen LogP contribution >= 0.6 is 0 Å². The average molecular weight is 357 g/mol. The summed E-state index contributed by atoms with van der Waals surface area (Å²) in [4.78, 5) is 4.88. The summed E-state index contributed by atoms with van der Waals surface area (Å²) in [5.74, 6) is 0.518. The number of rotatable bonds is 9. The molecule has 1 aromatic heterocycles. The van der Waals surface area contributed by atoms with Gasteiger partial charge in [0.25, 0.3) is 0 Å². The molecule has 2 rings (SSSR count). The Balaban J connectivity index is 2.55. The highest BCUT2D eigenvalue weighted by Crippen LogP contribution is 2.33. The van der Waals surface area contributed by atoms with Gasteiger partial charge < -0.3 is 15.6 Å². The van der Waals surface area contributed by atoms with Crippen molar-refractivity contribution in [2.45, 2.75) is 53.7 Å². The largest absolute Gasteiger partial charge is 0.396 e. The van der Waals surface area contributed by atoms with E-state index in [-0.39, 0.29) is 6.61 Å². The number of nitrogens with two attached hydrogens (primary N) is 1. The zero-order valence-electron chi connectivity index (χ0n) is 16.5. The first-order chi connectivity index (χ1) is 12.5. The highest BCUT2D eigenvalue weighted by Gasteiger charge is 2.19. The molecule has 0 aliphatic heterocycles. The summed E-state index contributed by atoms with van der Waals surface area (Å²) in [5.41, 5.74) is 14.0. The van der Waals surface area contributed by atoms with E-state index in [1.54, 1.807) is 0 Å². The van der Waals surface area contributed by atoms with Crippen LogP contribution in [0.1, 0.15) is 48.3 Å². The molecule has 0 aliphatic carbocycles. The summed E-state index contributed by atoms with van der Waals surface area (Å²) < 4.78 is 5.81. The molecular formula is C22H32N2O2. The molecule has 0 fully saturated rings. The molecule has 0 atom stereocenters. The number of aryl methyl sites for hydroxylation is 2. The molecule has 0 saturated heterocycles. The molecule has 0 bridgehead atoms. The van der Waals surface area contributed by atoms with Gasteiger partial charge in [-0.15, -0.1) is 0 Å². The molecule has 3 N–H and O–H groups in total. The van der Waals surface area contributed by atoms with Crippen LogP contribution in [0.15, 0.2) is 24.3 Å². The minimum absolute atomic E-state index is 0.142. The smallest absolute Gasteiger partial charge is 0.0740 e. The van der Waals surface area contributed by atoms with Crippen LogP contribution in [-0.2, 0) is 24.3 Å². The van der Waals surface area contributed by atoms with Gasteiger partial charge in [0, 0.05) is 36.7 Å². The lowest BCUT2D eigenvalue weighted by molar-refractivity contribution is 0.104. The summed E-state index contributed by atoms with van der Waals surface area (Å²) >= 11 is 0. The first kappa shape index (κ1) is 20.6. The second-order valence-corrected chi connectivity index (χ2v) is 7.27. The van der Waals surface area contributed by atoms with Crippen molar-refractivity contribution in [2.24, 2.45) is 11.7 Å². The van der Waals surface area contributed by atoms with Gasteiger partial charge in [-0.05, 0) is 49.3 Å². The molecular weight excluding hydrogens is 324 g/mol. The number of pyridine rings is 1. The van der Waals surface area contributed by atoms with E-state index in [1.165, 1.54) is 11.1 Å². The van der Waals surface area contributed by atoms with Crippen molar-refractivity contribution in [3.8, 4) is 11.1 Å². The van der Waals surface area contributed by atoms with Gasteiger partial charge in [-0.2, -0.15) is 0 Å². The molecule has 0 unspecified atom stereocenters. The first-order valence-corrected chi connectivity index (χ1v) is 9.44. The zero-order valence-corrected chi connectivity index (χ0v) is 16.5. The summed E-state index contributed by atoms with van der Waals surface area (Å²) in [6, 6.07) is 8.56. The summed E-state index contributed by atoms with van der Waals surface area (Å²) in [6.07, 6.45) is 1.55. The fraction of sp³-hybridized carbons (Fsp3) is 0.500. The van der Waals surface area contributed by atoms with Gasteiger partial charge in [0.05, 0.1) is 6.61 Å². The first-order valence-electron chi connectivity index (χ1n) is 9.44. The minimum atomic E-state index is 0.142. The van der Waals surface area contributed by atoms with Crippen LogP contribution in [0.3, 0.4) is 0 Å². The van der Waals surface area contributed by atoms with Gasteiger partial charge in [-0.3, -0.25) is 4.98 Å². The number of benzene rings is 1. The average Bonchev–Trinajstić information content (AvgIpc) is 2.60. The van der Waals surface area contributed by atoms with Crippen molar-refractivity contribution >= 4 is 0 Å². The number of aliphatic hydroxyl groups is 1. The van der Waals surface area contributed by atoms with Crippen LogP contribution in [0.2, 0.25) is 0 Å². The van der Waals surface area contributed by atoms with Gasteiger partial charge in [0.2, 0.25) is 0 Å². The number of hydrogen-bond donors (Lipinski definition) is 2. The third-order valence-electron chi connectivity index (χ3n) is 4.53. The lowest BCUT2D eigenvalue weighted by atomic mass is 9.90. The number of hydrogen-bond acceptors (Lipinski definition) is 4. The molecule has 26 heavy (non-hydrogen) atoms. The zero-order chi connectivity index (χ0) is 19.1. The molecule has 0 aliphatic rings. The number of ether oxygens (including phenoxy) is 1. The monoisotopic (exact) mass is 356 g/mol. The van der Waals surface area contributed by atoms with Gasteiger partial charge in [-0.25, -0.2) is 0 Å². The van der Waals surface area contributed by atoms with Crippen molar-refractivity contribution in [2.75, 3.05) is 13.2 Å². The Morgan fingerprint density at radius 3 is 2.38 bits per heavy atom. The molecule has 0 radical (unpaired) electrons. The maximum atomic E-state index is 8.97. The molecule has 142 valence electrons. The highest BCUT2D eigenvalue weighted by atomic mass is 16.5. The van der Waals surface area contributed by atoms with E-state index >= 15 is 0 Å². The van der Waals surface area contributed by atoms with Gasteiger partial charge in [-0.1, -0.05) is 43.7 Å². The topological polar surface area (TPSA) is 68.4 Å². The molecule has 1 heterocycles. The standard InChI is InChI=1S/C22H32N2O2/c1-15(2)12-21-19(13-23)22(18-8-6-16(3)7-9-18)20(17(4)24-21)14-26-11-5-10-25/h6-9,15,25H,5,10-14,23H2,1-4H3. The molecule has 4 nitrogen and oxygen atoms in total. The lowest BCUT2D eigenvalue weighted by Crippen LogP contribution is -2.14. The Labute approximate surface area is 157 Å². The van der Waals surface area contributed by atoms with Crippen molar-refractivity contribution in [1.82, 2.24) is 4.98 Å². The molecule has 1 aromatic carbocycles. The van der Waals surface area contributed by atoms with Crippen molar-refractivity contribution < 1.29 is 9.84 Å². The summed E-state index contributed by atoms with van der Waals surface area (Å²) in [6.45, 7) is 10.2. The Hall–Kier alpha value is -1.75. The maximum Gasteiger partial charge on any atom is 0.0740 e. The molecule has 4 heteroatoms. The molecule has 0 spiro atoms. The normalized spacial score (nSPS) is 11.3. The van der Waals surface area contributed by atoms with Crippen molar-refractivity contribution in [3.05, 3.63) is 52.3 Å². The predicted molar refractivity (Wildman–Crippen MR) is 107 cm³/mol. The summed E-state index contributed by atoms with van der Waals surface area (Å²) in [5, 5.41) is 8.97. The van der Waals surface area contributed by atoms with Crippen LogP contribution in [0.25, 0.3) is 11.1 Å². The van der Waals surface area contributed by atoms with Gasteiger partial charge in [0.15, 0.2) is 0 Å². The second-order valence-electron chi connectivity index (χ2n) is 7.27. The Kier molecular flexibility index (Phi) is 7.76. The second kappa shape index (κ2) is 9.81. The number of aromatic nitrogens is 1. The van der Waals surface area contributed by atoms with Crippen LogP contribution in [0, 0.1) is 19.8 Å². The maximum absolute atomic E-state index is 8.97. The third kappa shape index (κ3) is 5.13. The van der Waals surface area contributed by atoms with Gasteiger partial charge >= 0.3 is 0 Å². The van der Waals surface area contributed by atoms with Crippen LogP contribution in [-0.4, -0.2) is 23.3 Å². The van der Waals surface area contributed by atoms with E-state index in [0.717, 1.165) is 34.5 Å². The fourth-order valence-electron chi connectivity index (χ4n) is 3.21. The van der Waals surface area contributed by atoms with Crippen molar-refractivity contribution in [1.29, 1.82) is 0 Å². The highest BCUT2D eigenvalue weighted by molar-refractivity contribution is 5.73. The predicted octanol–water partition coefficient (Wildman–Crippen LogP) is 3.92. The van der Waals surface area contributed by atoms with Gasteiger partial charge in [0.1, 0.15) is 0 Å². The van der Waals surface area contributed by atoms with E-state index in [9.17, 15) is 0 Å². The number of aliphatic hydroxyl groups excluding tert-OH is 1. The van der Waals surface area contributed by atoms with Crippen LogP contribution in [0.5, 0.6) is 0 Å². The third-order valence-corrected chi connectivity index (χ3v) is 4.53. The fourth-order valence-corrected chi connectivity index (χ4v) is 3.21. The molecule has 0 amide bonds.